The number of para-hydroxylation sites is 1. The summed E-state index contributed by atoms with van der Waals surface area (Å²) in [5, 5.41) is 18.4. The molecule has 0 fully saturated rings. The largest absolute Gasteiger partial charge is 0.488 e. The van der Waals surface area contributed by atoms with Gasteiger partial charge in [0.1, 0.15) is 12.4 Å². The molecular formula is C13H12ClN7O2. The Morgan fingerprint density at radius 2 is 2.17 bits per heavy atom. The van der Waals surface area contributed by atoms with Crippen molar-refractivity contribution in [1.29, 1.82) is 0 Å². The number of nitrogens with zero attached hydrogens (tertiary/aromatic N) is 7. The van der Waals surface area contributed by atoms with Crippen molar-refractivity contribution in [2.24, 2.45) is 7.05 Å². The van der Waals surface area contributed by atoms with Crippen LogP contribution in [0.3, 0.4) is 0 Å². The summed E-state index contributed by atoms with van der Waals surface area (Å²) in [6.07, 6.45) is 0. The smallest absolute Gasteiger partial charge is 0.369 e. The van der Waals surface area contributed by atoms with Gasteiger partial charge in [-0.25, -0.2) is 4.79 Å². The summed E-state index contributed by atoms with van der Waals surface area (Å²) in [5.41, 5.74) is 0.651. The third-order valence-corrected chi connectivity index (χ3v) is 3.41. The molecule has 2 heterocycles. The van der Waals surface area contributed by atoms with Gasteiger partial charge >= 0.3 is 5.69 Å². The molecule has 3 rings (SSSR count). The van der Waals surface area contributed by atoms with Crippen molar-refractivity contribution in [3.8, 4) is 11.6 Å². The zero-order chi connectivity index (χ0) is 17.3. The Morgan fingerprint density at radius 3 is 2.87 bits per heavy atom. The van der Waals surface area contributed by atoms with Gasteiger partial charge < -0.3 is 4.74 Å². The molecule has 118 valence electrons. The average molecular weight is 336 g/mol. The van der Waals surface area contributed by atoms with Gasteiger partial charge in [0.25, 0.3) is 0 Å². The number of tetrazole rings is 1. The van der Waals surface area contributed by atoms with Crippen LogP contribution in [0.25, 0.3) is 5.82 Å². The van der Waals surface area contributed by atoms with Gasteiger partial charge in [-0.2, -0.15) is 4.68 Å². The summed E-state index contributed by atoms with van der Waals surface area (Å²) >= 11 is 6.08. The Labute approximate surface area is 136 Å². The lowest BCUT2D eigenvalue weighted by atomic mass is 10.2. The highest BCUT2D eigenvalue weighted by molar-refractivity contribution is 6.30. The molecule has 0 amide bonds. The van der Waals surface area contributed by atoms with Gasteiger partial charge in [-0.15, -0.1) is 14.9 Å². The molecule has 0 bridgehead atoms. The molecule has 0 aliphatic carbocycles. The molecule has 0 N–H and O–H groups in total. The molecule has 0 spiro atoms. The molecule has 1 aromatic carbocycles. The highest BCUT2D eigenvalue weighted by atomic mass is 35.5. The van der Waals surface area contributed by atoms with E-state index in [9.17, 15) is 4.79 Å². The van der Waals surface area contributed by atoms with Gasteiger partial charge in [-0.05, 0) is 34.2 Å². The summed E-state index contributed by atoms with van der Waals surface area (Å²) in [6.45, 7) is 1.82. The summed E-state index contributed by atoms with van der Waals surface area (Å²) < 4.78 is 15.3. The van der Waals surface area contributed by atoms with E-state index in [-0.39, 0.29) is 17.6 Å². The molecular weight excluding hydrogens is 322 g/mol. The minimum Gasteiger partial charge on any atom is -0.488 e. The summed E-state index contributed by atoms with van der Waals surface area (Å²) in [4.78, 5) is 12.0. The van der Waals surface area contributed by atoms with Gasteiger partial charge in [-0.3, -0.25) is 0 Å². The first-order valence-corrected chi connectivity index (χ1v) is 6.92. The average Bonchev–Trinajstić information content (AvgIpc) is 2.87. The lowest BCUT2D eigenvalue weighted by Crippen LogP contribution is -2.24. The van der Waals surface area contributed by atoms with Gasteiger partial charge in [-0.1, -0.05) is 29.8 Å². The summed E-state index contributed by atoms with van der Waals surface area (Å²) in [5.74, 6) is 0.680. The normalized spacial score (nSPS) is 11.3. The lowest BCUT2D eigenvalue weighted by molar-refractivity contribution is 0.301. The maximum atomic E-state index is 12.0. The molecule has 9 nitrogen and oxygen atoms in total. The molecule has 10 heteroatoms. The number of aryl methyl sites for hydroxylation is 2. The fourth-order valence-corrected chi connectivity index (χ4v) is 2.04. The Morgan fingerprint density at radius 1 is 1.35 bits per heavy atom. The first-order valence-electron chi connectivity index (χ1n) is 7.04. The highest BCUT2D eigenvalue weighted by Crippen LogP contribution is 2.22. The Bertz CT molecular complexity index is 956. The number of hydrogen-bond acceptors (Lipinski definition) is 7. The SMILES string of the molecule is [3H]c1ccc(OCc2c(Cl)nnnc2-n2nnn(C)c2=O)c(C)c1. The fourth-order valence-electron chi connectivity index (χ4n) is 1.87. The third-order valence-electron chi connectivity index (χ3n) is 3.10. The Balaban J connectivity index is 1.96. The Hall–Kier alpha value is -2.81. The van der Waals surface area contributed by atoms with E-state index < -0.39 is 5.69 Å². The van der Waals surface area contributed by atoms with Crippen molar-refractivity contribution in [2.75, 3.05) is 0 Å². The van der Waals surface area contributed by atoms with E-state index in [4.69, 9.17) is 17.7 Å². The zero-order valence-electron chi connectivity index (χ0n) is 13.3. The first kappa shape index (κ1) is 13.8. The van der Waals surface area contributed by atoms with Crippen molar-refractivity contribution < 1.29 is 6.11 Å². The van der Waals surface area contributed by atoms with Crippen LogP contribution in [-0.2, 0) is 13.7 Å². The second kappa shape index (κ2) is 6.13. The van der Waals surface area contributed by atoms with E-state index in [0.29, 0.717) is 17.4 Å². The Kier molecular flexibility index (Phi) is 3.68. The van der Waals surface area contributed by atoms with Gasteiger partial charge in [0.15, 0.2) is 11.0 Å². The van der Waals surface area contributed by atoms with Crippen molar-refractivity contribution in [3.05, 3.63) is 51.0 Å². The molecule has 0 aliphatic heterocycles. The van der Waals surface area contributed by atoms with Crippen LogP contribution in [0.4, 0.5) is 0 Å². The third kappa shape index (κ3) is 2.90. The fraction of sp³-hybridized carbons (Fsp3) is 0.231. The van der Waals surface area contributed by atoms with Crippen LogP contribution in [0, 0.1) is 6.92 Å². The molecule has 23 heavy (non-hydrogen) atoms. The highest BCUT2D eigenvalue weighted by Gasteiger charge is 2.18. The number of hydrogen-bond donors (Lipinski definition) is 0. The van der Waals surface area contributed by atoms with Crippen LogP contribution < -0.4 is 10.4 Å². The molecule has 3 aromatic rings. The van der Waals surface area contributed by atoms with Crippen molar-refractivity contribution >= 4 is 11.6 Å². The standard InChI is InChI=1S/C13H12ClN7O2/c1-8-5-3-4-6-10(8)23-7-9-11(14)15-17-16-12(9)21-13(22)20(2)18-19-21/h3-6H,7H2,1-2H3/i3T. The molecule has 0 saturated carbocycles. The number of rotatable bonds is 4. The van der Waals surface area contributed by atoms with Crippen LogP contribution >= 0.6 is 11.6 Å². The van der Waals surface area contributed by atoms with Crippen molar-refractivity contribution in [1.82, 2.24) is 35.2 Å². The molecule has 2 aromatic heterocycles. The predicted molar refractivity (Wildman–Crippen MR) is 80.5 cm³/mol. The van der Waals surface area contributed by atoms with E-state index in [1.807, 2.05) is 6.92 Å². The monoisotopic (exact) mass is 335 g/mol. The topological polar surface area (TPSA) is 101 Å². The first-order chi connectivity index (χ1) is 11.5. The number of aromatic nitrogens is 7. The van der Waals surface area contributed by atoms with Crippen molar-refractivity contribution in [3.63, 3.8) is 0 Å². The van der Waals surface area contributed by atoms with Crippen LogP contribution in [0.15, 0.2) is 29.0 Å². The summed E-state index contributed by atoms with van der Waals surface area (Å²) in [7, 11) is 1.46. The lowest BCUT2D eigenvalue weighted by Gasteiger charge is -2.11. The van der Waals surface area contributed by atoms with Crippen LogP contribution in [0.1, 0.15) is 12.5 Å². The molecule has 0 saturated heterocycles. The van der Waals surface area contributed by atoms with Crippen molar-refractivity contribution in [2.45, 2.75) is 13.5 Å². The number of ether oxygens (including phenoxy) is 1. The summed E-state index contributed by atoms with van der Waals surface area (Å²) in [6, 6.07) is 5.36. The second-order valence-electron chi connectivity index (χ2n) is 4.66. The van der Waals surface area contributed by atoms with E-state index in [0.717, 1.165) is 14.9 Å². The van der Waals surface area contributed by atoms with Crippen LogP contribution in [0.5, 0.6) is 5.75 Å². The maximum absolute atomic E-state index is 12.0. The molecule has 0 aliphatic rings. The molecule has 0 radical (unpaired) electrons. The number of benzene rings is 1. The van der Waals surface area contributed by atoms with Gasteiger partial charge in [0.05, 0.1) is 6.93 Å². The van der Waals surface area contributed by atoms with Crippen LogP contribution in [-0.4, -0.2) is 35.2 Å². The van der Waals surface area contributed by atoms with Gasteiger partial charge in [0.2, 0.25) is 0 Å². The number of halogens is 1. The quantitative estimate of drug-likeness (QED) is 0.691. The molecule has 0 unspecified atom stereocenters. The second-order valence-corrected chi connectivity index (χ2v) is 5.02. The van der Waals surface area contributed by atoms with E-state index >= 15 is 0 Å². The van der Waals surface area contributed by atoms with E-state index in [1.165, 1.54) is 7.05 Å². The van der Waals surface area contributed by atoms with E-state index in [1.54, 1.807) is 18.2 Å². The maximum Gasteiger partial charge on any atom is 0.369 e. The molecule has 0 atom stereocenters. The van der Waals surface area contributed by atoms with Gasteiger partial charge in [0, 0.05) is 7.05 Å². The van der Waals surface area contributed by atoms with Crippen LogP contribution in [0.2, 0.25) is 5.15 Å². The minimum atomic E-state index is -0.498. The van der Waals surface area contributed by atoms with E-state index in [2.05, 4.69) is 25.8 Å². The minimum absolute atomic E-state index is 0.00210. The predicted octanol–water partition coefficient (Wildman–Crippen LogP) is 0.692. The zero-order valence-corrected chi connectivity index (χ0v) is 13.0.